The van der Waals surface area contributed by atoms with Crippen LogP contribution in [-0.4, -0.2) is 69.0 Å². The molecule has 0 bridgehead atoms. The van der Waals surface area contributed by atoms with E-state index < -0.39 is 42.4 Å². The normalized spacial score (nSPS) is 24.1. The molecular formula is C18H23N5O7. The minimum Gasteiger partial charge on any atom is -0.463 e. The Bertz CT molecular complexity index is 1040. The van der Waals surface area contributed by atoms with E-state index in [1.165, 1.54) is 27.1 Å². The first kappa shape index (κ1) is 21.4. The minimum atomic E-state index is -1.01. The molecule has 3 heterocycles. The Morgan fingerprint density at radius 3 is 2.33 bits per heavy atom. The van der Waals surface area contributed by atoms with Crippen LogP contribution in [0.3, 0.4) is 0 Å². The molecule has 0 amide bonds. The Labute approximate surface area is 171 Å². The summed E-state index contributed by atoms with van der Waals surface area (Å²) in [6.45, 7) is 3.52. The number of hydrogen-bond donors (Lipinski definition) is 0. The Hall–Kier alpha value is -3.28. The highest BCUT2D eigenvalue weighted by Crippen LogP contribution is 2.35. The fraction of sp³-hybridized carbons (Fsp3) is 0.556. The van der Waals surface area contributed by atoms with E-state index in [-0.39, 0.29) is 6.61 Å². The van der Waals surface area contributed by atoms with Crippen LogP contribution >= 0.6 is 0 Å². The van der Waals surface area contributed by atoms with Crippen LogP contribution in [0.25, 0.3) is 11.2 Å². The maximum absolute atomic E-state index is 11.8. The molecule has 1 fully saturated rings. The molecule has 0 radical (unpaired) electrons. The van der Waals surface area contributed by atoms with Crippen LogP contribution in [-0.2, 0) is 40.4 Å². The van der Waals surface area contributed by atoms with E-state index in [4.69, 9.17) is 18.9 Å². The van der Waals surface area contributed by atoms with Crippen molar-refractivity contribution in [1.29, 1.82) is 0 Å². The molecule has 3 rings (SSSR count). The van der Waals surface area contributed by atoms with Gasteiger partial charge in [0, 0.05) is 34.9 Å². The van der Waals surface area contributed by atoms with Crippen molar-refractivity contribution in [2.75, 3.05) is 13.7 Å². The van der Waals surface area contributed by atoms with E-state index in [1.54, 1.807) is 29.6 Å². The largest absolute Gasteiger partial charge is 0.463 e. The SMILES string of the molecule is CN=c1c2ncn([C@@H]3O[C@H](COC(C)=O)[C@@H](OC(C)=O)[C@H]3OC(C)=O)c2ncn1C. The van der Waals surface area contributed by atoms with Crippen molar-refractivity contribution in [3.05, 3.63) is 18.1 Å². The summed E-state index contributed by atoms with van der Waals surface area (Å²) in [6, 6.07) is 0. The summed E-state index contributed by atoms with van der Waals surface area (Å²) in [5.41, 5.74) is 1.54. The highest BCUT2D eigenvalue weighted by atomic mass is 16.7. The monoisotopic (exact) mass is 421 g/mol. The molecule has 0 aromatic carbocycles. The van der Waals surface area contributed by atoms with Crippen molar-refractivity contribution >= 4 is 29.1 Å². The Morgan fingerprint density at radius 1 is 1.07 bits per heavy atom. The Balaban J connectivity index is 2.07. The summed E-state index contributed by atoms with van der Waals surface area (Å²) in [4.78, 5) is 47.7. The number of aromatic nitrogens is 4. The fourth-order valence-electron chi connectivity index (χ4n) is 3.37. The van der Waals surface area contributed by atoms with Gasteiger partial charge in [-0.1, -0.05) is 0 Å². The van der Waals surface area contributed by atoms with E-state index in [2.05, 4.69) is 15.0 Å². The number of carbonyl (C=O) groups is 3. The lowest BCUT2D eigenvalue weighted by atomic mass is 10.1. The van der Waals surface area contributed by atoms with Gasteiger partial charge in [0.1, 0.15) is 12.7 Å². The zero-order valence-corrected chi connectivity index (χ0v) is 17.3. The molecule has 0 N–H and O–H groups in total. The first-order chi connectivity index (χ1) is 14.2. The predicted octanol–water partition coefficient (Wildman–Crippen LogP) is -0.376. The molecule has 0 aliphatic carbocycles. The third-order valence-electron chi connectivity index (χ3n) is 4.49. The van der Waals surface area contributed by atoms with E-state index in [0.717, 1.165) is 0 Å². The van der Waals surface area contributed by atoms with Crippen LogP contribution in [0, 0.1) is 0 Å². The summed E-state index contributed by atoms with van der Waals surface area (Å²) in [7, 11) is 3.42. The van der Waals surface area contributed by atoms with Gasteiger partial charge in [0.05, 0.1) is 12.7 Å². The van der Waals surface area contributed by atoms with Gasteiger partial charge in [-0.3, -0.25) is 23.9 Å². The van der Waals surface area contributed by atoms with Crippen LogP contribution < -0.4 is 5.49 Å². The standard InChI is InChI=1S/C18H23N5O7/c1-9(24)27-6-12-14(28-10(2)25)15(29-11(3)26)18(30-12)23-8-20-13-16(19-4)22(5)7-21-17(13)23/h7-8,12,14-15,18H,6H2,1-5H3/t12-,14-,15-,18-/m1/s1. The number of ether oxygens (including phenoxy) is 4. The molecule has 2 aromatic heterocycles. The first-order valence-electron chi connectivity index (χ1n) is 9.17. The van der Waals surface area contributed by atoms with Gasteiger partial charge >= 0.3 is 17.9 Å². The molecule has 4 atom stereocenters. The molecule has 2 aromatic rings. The Kier molecular flexibility index (Phi) is 6.15. The van der Waals surface area contributed by atoms with E-state index in [1.807, 2.05) is 0 Å². The minimum absolute atomic E-state index is 0.188. The number of imidazole rings is 1. The number of nitrogens with zero attached hydrogens (tertiary/aromatic N) is 5. The maximum Gasteiger partial charge on any atom is 0.303 e. The molecule has 1 aliphatic rings. The third-order valence-corrected chi connectivity index (χ3v) is 4.49. The molecule has 12 nitrogen and oxygen atoms in total. The number of hydrogen-bond acceptors (Lipinski definition) is 10. The van der Waals surface area contributed by atoms with Gasteiger partial charge in [-0.15, -0.1) is 0 Å². The zero-order chi connectivity index (χ0) is 22.0. The average molecular weight is 421 g/mol. The van der Waals surface area contributed by atoms with Crippen molar-refractivity contribution in [2.45, 2.75) is 45.3 Å². The molecule has 0 spiro atoms. The van der Waals surface area contributed by atoms with E-state index in [0.29, 0.717) is 16.7 Å². The van der Waals surface area contributed by atoms with Crippen LogP contribution in [0.5, 0.6) is 0 Å². The molecular weight excluding hydrogens is 398 g/mol. The predicted molar refractivity (Wildman–Crippen MR) is 99.6 cm³/mol. The molecule has 1 aliphatic heterocycles. The van der Waals surface area contributed by atoms with Gasteiger partial charge in [0.15, 0.2) is 35.1 Å². The molecule has 12 heteroatoms. The molecule has 30 heavy (non-hydrogen) atoms. The first-order valence-corrected chi connectivity index (χ1v) is 9.17. The van der Waals surface area contributed by atoms with Crippen LogP contribution in [0.2, 0.25) is 0 Å². The number of fused-ring (bicyclic) bond motifs is 1. The van der Waals surface area contributed by atoms with Crippen LogP contribution in [0.1, 0.15) is 27.0 Å². The average Bonchev–Trinajstić information content (AvgIpc) is 3.21. The van der Waals surface area contributed by atoms with E-state index in [9.17, 15) is 14.4 Å². The summed E-state index contributed by atoms with van der Waals surface area (Å²) in [5, 5.41) is 0. The lowest BCUT2D eigenvalue weighted by molar-refractivity contribution is -0.166. The zero-order valence-electron chi connectivity index (χ0n) is 17.3. The molecule has 1 saturated heterocycles. The summed E-state index contributed by atoms with van der Waals surface area (Å²) in [5.74, 6) is -1.71. The van der Waals surface area contributed by atoms with E-state index >= 15 is 0 Å². The van der Waals surface area contributed by atoms with Crippen LogP contribution in [0.4, 0.5) is 0 Å². The topological polar surface area (TPSA) is 136 Å². The number of aryl methyl sites for hydroxylation is 1. The highest BCUT2D eigenvalue weighted by Gasteiger charge is 2.51. The van der Waals surface area contributed by atoms with Crippen molar-refractivity contribution in [3.8, 4) is 0 Å². The van der Waals surface area contributed by atoms with Crippen molar-refractivity contribution < 1.29 is 33.3 Å². The summed E-state index contributed by atoms with van der Waals surface area (Å²) in [6.07, 6.45) is -0.746. The number of carbonyl (C=O) groups excluding carboxylic acids is 3. The number of rotatable bonds is 5. The molecule has 0 saturated carbocycles. The van der Waals surface area contributed by atoms with Gasteiger partial charge in [0.25, 0.3) is 0 Å². The second-order valence-corrected chi connectivity index (χ2v) is 6.74. The molecule has 162 valence electrons. The van der Waals surface area contributed by atoms with Crippen molar-refractivity contribution in [3.63, 3.8) is 0 Å². The summed E-state index contributed by atoms with van der Waals surface area (Å²) >= 11 is 0. The number of esters is 3. The smallest absolute Gasteiger partial charge is 0.303 e. The lowest BCUT2D eigenvalue weighted by Crippen LogP contribution is -2.40. The fourth-order valence-corrected chi connectivity index (χ4v) is 3.37. The van der Waals surface area contributed by atoms with Crippen molar-refractivity contribution in [1.82, 2.24) is 19.1 Å². The third kappa shape index (κ3) is 4.17. The van der Waals surface area contributed by atoms with Gasteiger partial charge in [-0.25, -0.2) is 9.97 Å². The second-order valence-electron chi connectivity index (χ2n) is 6.74. The van der Waals surface area contributed by atoms with Gasteiger partial charge in [0.2, 0.25) is 0 Å². The quantitative estimate of drug-likeness (QED) is 0.467. The second kappa shape index (κ2) is 8.61. The summed E-state index contributed by atoms with van der Waals surface area (Å²) < 4.78 is 25.1. The lowest BCUT2D eigenvalue weighted by Gasteiger charge is -2.23. The highest BCUT2D eigenvalue weighted by molar-refractivity contribution is 5.70. The molecule has 0 unspecified atom stereocenters. The van der Waals surface area contributed by atoms with Crippen molar-refractivity contribution in [2.24, 2.45) is 12.0 Å². The van der Waals surface area contributed by atoms with Gasteiger partial charge < -0.3 is 23.5 Å². The Morgan fingerprint density at radius 2 is 1.73 bits per heavy atom. The maximum atomic E-state index is 11.8. The van der Waals surface area contributed by atoms with Gasteiger partial charge in [-0.05, 0) is 0 Å². The van der Waals surface area contributed by atoms with Crippen LogP contribution in [0.15, 0.2) is 17.6 Å². The van der Waals surface area contributed by atoms with Gasteiger partial charge in [-0.2, -0.15) is 0 Å².